The normalized spacial score (nSPS) is 17.9. The predicted molar refractivity (Wildman–Crippen MR) is 77.3 cm³/mol. The summed E-state index contributed by atoms with van der Waals surface area (Å²) < 4.78 is 18.9. The van der Waals surface area contributed by atoms with E-state index in [1.54, 1.807) is 19.1 Å². The van der Waals surface area contributed by atoms with E-state index in [2.05, 4.69) is 27.3 Å². The van der Waals surface area contributed by atoms with Crippen LogP contribution in [0.4, 0.5) is 4.39 Å². The monoisotopic (exact) mass is 290 g/mol. The topological polar surface area (TPSA) is 54.2 Å². The Hall–Kier alpha value is -1.79. The standard InChI is InChI=1S/C15H19FN4O/c1-10-3-4-12(9-13(10)16)15-18-14(19-21-15)11(2)20-7-5-17-6-8-20/h3-4,9,11,17H,5-8H2,1-2H3. The number of hydrogen-bond donors (Lipinski definition) is 1. The van der Waals surface area contributed by atoms with Gasteiger partial charge in [0.1, 0.15) is 5.82 Å². The molecule has 1 N–H and O–H groups in total. The van der Waals surface area contributed by atoms with Gasteiger partial charge in [0.25, 0.3) is 5.89 Å². The summed E-state index contributed by atoms with van der Waals surface area (Å²) in [7, 11) is 0. The molecule has 1 fully saturated rings. The molecule has 3 rings (SSSR count). The van der Waals surface area contributed by atoms with Gasteiger partial charge in [-0.05, 0) is 31.5 Å². The van der Waals surface area contributed by atoms with Crippen molar-refractivity contribution in [3.8, 4) is 11.5 Å². The lowest BCUT2D eigenvalue weighted by molar-refractivity contribution is 0.176. The van der Waals surface area contributed by atoms with Gasteiger partial charge in [0.15, 0.2) is 5.82 Å². The maximum Gasteiger partial charge on any atom is 0.258 e. The van der Waals surface area contributed by atoms with E-state index < -0.39 is 0 Å². The number of nitrogens with zero attached hydrogens (tertiary/aromatic N) is 3. The van der Waals surface area contributed by atoms with Crippen molar-refractivity contribution in [1.29, 1.82) is 0 Å². The van der Waals surface area contributed by atoms with Crippen LogP contribution in [-0.4, -0.2) is 41.2 Å². The number of piperazine rings is 1. The fraction of sp³-hybridized carbons (Fsp3) is 0.467. The van der Waals surface area contributed by atoms with Gasteiger partial charge in [0.05, 0.1) is 6.04 Å². The average Bonchev–Trinajstić information content (AvgIpc) is 3.00. The van der Waals surface area contributed by atoms with Crippen LogP contribution in [0, 0.1) is 12.7 Å². The molecule has 21 heavy (non-hydrogen) atoms. The highest BCUT2D eigenvalue weighted by Gasteiger charge is 2.22. The molecule has 2 aromatic rings. The molecule has 112 valence electrons. The number of nitrogens with one attached hydrogen (secondary N) is 1. The van der Waals surface area contributed by atoms with Crippen molar-refractivity contribution in [2.24, 2.45) is 0 Å². The molecule has 5 nitrogen and oxygen atoms in total. The molecule has 6 heteroatoms. The summed E-state index contributed by atoms with van der Waals surface area (Å²) in [6, 6.07) is 5.04. The maximum absolute atomic E-state index is 13.6. The molecular formula is C15H19FN4O. The Morgan fingerprint density at radius 1 is 1.33 bits per heavy atom. The second kappa shape index (κ2) is 5.91. The lowest BCUT2D eigenvalue weighted by Gasteiger charge is -2.30. The summed E-state index contributed by atoms with van der Waals surface area (Å²) >= 11 is 0. The molecule has 0 spiro atoms. The van der Waals surface area contributed by atoms with Crippen molar-refractivity contribution in [3.05, 3.63) is 35.4 Å². The smallest absolute Gasteiger partial charge is 0.258 e. The lowest BCUT2D eigenvalue weighted by Crippen LogP contribution is -2.44. The van der Waals surface area contributed by atoms with Crippen LogP contribution < -0.4 is 5.32 Å². The number of halogens is 1. The van der Waals surface area contributed by atoms with Gasteiger partial charge in [-0.1, -0.05) is 11.2 Å². The largest absolute Gasteiger partial charge is 0.334 e. The van der Waals surface area contributed by atoms with Crippen LogP contribution >= 0.6 is 0 Å². The van der Waals surface area contributed by atoms with Crippen molar-refractivity contribution in [2.75, 3.05) is 26.2 Å². The first-order chi connectivity index (χ1) is 10.1. The Balaban J connectivity index is 1.80. The lowest BCUT2D eigenvalue weighted by atomic mass is 10.1. The summed E-state index contributed by atoms with van der Waals surface area (Å²) in [6.45, 7) is 7.66. The van der Waals surface area contributed by atoms with E-state index in [0.29, 0.717) is 22.8 Å². The van der Waals surface area contributed by atoms with Crippen molar-refractivity contribution >= 4 is 0 Å². The molecule has 0 bridgehead atoms. The van der Waals surface area contributed by atoms with E-state index in [1.807, 2.05) is 0 Å². The van der Waals surface area contributed by atoms with Gasteiger partial charge >= 0.3 is 0 Å². The number of aryl methyl sites for hydroxylation is 1. The summed E-state index contributed by atoms with van der Waals surface area (Å²) in [4.78, 5) is 6.73. The van der Waals surface area contributed by atoms with Gasteiger partial charge in [-0.25, -0.2) is 4.39 Å². The molecule has 0 radical (unpaired) electrons. The highest BCUT2D eigenvalue weighted by molar-refractivity contribution is 5.53. The highest BCUT2D eigenvalue weighted by Crippen LogP contribution is 2.23. The zero-order chi connectivity index (χ0) is 14.8. The molecule has 1 aliphatic rings. The fourth-order valence-electron chi connectivity index (χ4n) is 2.48. The molecular weight excluding hydrogens is 271 g/mol. The van der Waals surface area contributed by atoms with Crippen molar-refractivity contribution < 1.29 is 8.91 Å². The van der Waals surface area contributed by atoms with Crippen LogP contribution in [0.15, 0.2) is 22.7 Å². The Kier molecular flexibility index (Phi) is 3.98. The van der Waals surface area contributed by atoms with E-state index in [0.717, 1.165) is 26.2 Å². The molecule has 2 heterocycles. The Bertz CT molecular complexity index is 622. The van der Waals surface area contributed by atoms with Gasteiger partial charge < -0.3 is 9.84 Å². The predicted octanol–water partition coefficient (Wildman–Crippen LogP) is 2.15. The SMILES string of the molecule is Cc1ccc(-c2nc(C(C)N3CCNCC3)no2)cc1F. The van der Waals surface area contributed by atoms with Gasteiger partial charge in [-0.2, -0.15) is 4.98 Å². The van der Waals surface area contributed by atoms with Crippen molar-refractivity contribution in [3.63, 3.8) is 0 Å². The first kappa shape index (κ1) is 14.2. The number of rotatable bonds is 3. The fourth-order valence-corrected chi connectivity index (χ4v) is 2.48. The third-order valence-corrected chi connectivity index (χ3v) is 3.93. The Morgan fingerprint density at radius 2 is 2.10 bits per heavy atom. The third kappa shape index (κ3) is 2.96. The van der Waals surface area contributed by atoms with Crippen LogP contribution in [0.25, 0.3) is 11.5 Å². The molecule has 1 aromatic heterocycles. The summed E-state index contributed by atoms with van der Waals surface area (Å²) in [5.41, 5.74) is 1.22. The number of aromatic nitrogens is 2. The van der Waals surface area contributed by atoms with Gasteiger partial charge in [0, 0.05) is 31.7 Å². The third-order valence-electron chi connectivity index (χ3n) is 3.93. The zero-order valence-electron chi connectivity index (χ0n) is 12.3. The second-order valence-electron chi connectivity index (χ2n) is 5.38. The summed E-state index contributed by atoms with van der Waals surface area (Å²) in [5, 5.41) is 7.37. The van der Waals surface area contributed by atoms with Gasteiger partial charge in [0.2, 0.25) is 0 Å². The minimum atomic E-state index is -0.262. The molecule has 0 aliphatic carbocycles. The van der Waals surface area contributed by atoms with Crippen LogP contribution in [-0.2, 0) is 0 Å². The number of benzene rings is 1. The van der Waals surface area contributed by atoms with E-state index in [1.165, 1.54) is 6.07 Å². The Labute approximate surface area is 123 Å². The van der Waals surface area contributed by atoms with E-state index in [4.69, 9.17) is 4.52 Å². The number of hydrogen-bond acceptors (Lipinski definition) is 5. The Morgan fingerprint density at radius 3 is 2.81 bits per heavy atom. The maximum atomic E-state index is 13.6. The van der Waals surface area contributed by atoms with Gasteiger partial charge in [-0.15, -0.1) is 0 Å². The quantitative estimate of drug-likeness (QED) is 0.938. The van der Waals surface area contributed by atoms with E-state index >= 15 is 0 Å². The average molecular weight is 290 g/mol. The molecule has 1 aromatic carbocycles. The second-order valence-corrected chi connectivity index (χ2v) is 5.38. The van der Waals surface area contributed by atoms with E-state index in [9.17, 15) is 4.39 Å². The van der Waals surface area contributed by atoms with Crippen LogP contribution in [0.5, 0.6) is 0 Å². The molecule has 0 saturated carbocycles. The minimum absolute atomic E-state index is 0.0971. The summed E-state index contributed by atoms with van der Waals surface area (Å²) in [5.74, 6) is 0.751. The van der Waals surface area contributed by atoms with Crippen LogP contribution in [0.1, 0.15) is 24.4 Å². The zero-order valence-corrected chi connectivity index (χ0v) is 12.3. The van der Waals surface area contributed by atoms with Crippen LogP contribution in [0.3, 0.4) is 0 Å². The first-order valence-corrected chi connectivity index (χ1v) is 7.20. The van der Waals surface area contributed by atoms with Crippen molar-refractivity contribution in [1.82, 2.24) is 20.4 Å². The van der Waals surface area contributed by atoms with Crippen LogP contribution in [0.2, 0.25) is 0 Å². The van der Waals surface area contributed by atoms with Gasteiger partial charge in [-0.3, -0.25) is 4.90 Å². The highest BCUT2D eigenvalue weighted by atomic mass is 19.1. The molecule has 1 saturated heterocycles. The molecule has 0 amide bonds. The van der Waals surface area contributed by atoms with Crippen molar-refractivity contribution in [2.45, 2.75) is 19.9 Å². The minimum Gasteiger partial charge on any atom is -0.334 e. The first-order valence-electron chi connectivity index (χ1n) is 7.20. The molecule has 1 atom stereocenters. The molecule has 1 unspecified atom stereocenters. The summed E-state index contributed by atoms with van der Waals surface area (Å²) in [6.07, 6.45) is 0. The molecule has 1 aliphatic heterocycles. The van der Waals surface area contributed by atoms with E-state index in [-0.39, 0.29) is 11.9 Å².